The van der Waals surface area contributed by atoms with Gasteiger partial charge in [0, 0.05) is 43.6 Å². The Kier molecular flexibility index (Phi) is 8.06. The standard InChI is InChI=1S/C28H38N6O4/c1-18-13-24(32-38-18)28(37)34(22-8-9-22)23-10-12-33(27(36)21-3-2-11-30-17-21)25(14-23)26(35)31-16-20-6-4-19(15-29)5-7-20/h2-3,11,13,17,19-20,22-23,25H,4-10,12,14-16,29H2,1H3,(H,31,35)/t19?,20?,23?,25-/m1/s1. The van der Waals surface area contributed by atoms with Gasteiger partial charge in [-0.25, -0.2) is 0 Å². The second kappa shape index (κ2) is 11.6. The number of likely N-dealkylation sites (tertiary alicyclic amines) is 1. The van der Waals surface area contributed by atoms with Crippen LogP contribution in [0, 0.1) is 18.8 Å². The monoisotopic (exact) mass is 522 g/mol. The number of pyridine rings is 1. The van der Waals surface area contributed by atoms with Crippen molar-refractivity contribution in [3.8, 4) is 0 Å². The molecule has 0 aromatic carbocycles. The first-order chi connectivity index (χ1) is 18.4. The van der Waals surface area contributed by atoms with E-state index in [4.69, 9.17) is 10.3 Å². The van der Waals surface area contributed by atoms with Gasteiger partial charge >= 0.3 is 0 Å². The van der Waals surface area contributed by atoms with Crippen LogP contribution in [-0.4, -0.2) is 75.4 Å². The Balaban J connectivity index is 1.32. The summed E-state index contributed by atoms with van der Waals surface area (Å²) in [5.74, 6) is 1.04. The number of nitrogens with zero attached hydrogens (tertiary/aromatic N) is 4. The van der Waals surface area contributed by atoms with Crippen LogP contribution in [0.1, 0.15) is 78.0 Å². The molecule has 0 radical (unpaired) electrons. The van der Waals surface area contributed by atoms with E-state index in [2.05, 4.69) is 15.5 Å². The molecule has 3 fully saturated rings. The fourth-order valence-corrected chi connectivity index (χ4v) is 5.96. The molecule has 2 aromatic rings. The Hall–Kier alpha value is -3.27. The predicted octanol–water partition coefficient (Wildman–Crippen LogP) is 2.54. The summed E-state index contributed by atoms with van der Waals surface area (Å²) in [6, 6.07) is 4.39. The van der Waals surface area contributed by atoms with Gasteiger partial charge in [-0.2, -0.15) is 0 Å². The van der Waals surface area contributed by atoms with Crippen LogP contribution >= 0.6 is 0 Å². The van der Waals surface area contributed by atoms with E-state index < -0.39 is 6.04 Å². The molecule has 2 saturated carbocycles. The molecule has 38 heavy (non-hydrogen) atoms. The highest BCUT2D eigenvalue weighted by atomic mass is 16.5. The molecule has 3 aliphatic rings. The molecule has 10 nitrogen and oxygen atoms in total. The molecule has 5 rings (SSSR count). The van der Waals surface area contributed by atoms with Crippen LogP contribution in [0.15, 0.2) is 35.1 Å². The van der Waals surface area contributed by atoms with E-state index in [-0.39, 0.29) is 35.5 Å². The van der Waals surface area contributed by atoms with Crippen molar-refractivity contribution in [1.29, 1.82) is 0 Å². The van der Waals surface area contributed by atoms with Gasteiger partial charge < -0.3 is 25.4 Å². The van der Waals surface area contributed by atoms with Crippen LogP contribution in [0.4, 0.5) is 0 Å². The normalized spacial score (nSPS) is 25.6. The number of aryl methyl sites for hydroxylation is 1. The average Bonchev–Trinajstić information content (AvgIpc) is 3.70. The minimum Gasteiger partial charge on any atom is -0.361 e. The number of rotatable bonds is 8. The van der Waals surface area contributed by atoms with Gasteiger partial charge in [0.05, 0.1) is 5.56 Å². The fourth-order valence-electron chi connectivity index (χ4n) is 5.96. The van der Waals surface area contributed by atoms with Crippen LogP contribution in [0.5, 0.6) is 0 Å². The van der Waals surface area contributed by atoms with Gasteiger partial charge in [-0.1, -0.05) is 5.16 Å². The lowest BCUT2D eigenvalue weighted by molar-refractivity contribution is -0.127. The highest BCUT2D eigenvalue weighted by Gasteiger charge is 2.44. The molecule has 3 heterocycles. The van der Waals surface area contributed by atoms with Crippen molar-refractivity contribution in [3.05, 3.63) is 47.6 Å². The molecule has 1 unspecified atom stereocenters. The third-order valence-electron chi connectivity index (χ3n) is 8.33. The minimum atomic E-state index is -0.671. The Bertz CT molecular complexity index is 1130. The Morgan fingerprint density at radius 1 is 1.11 bits per heavy atom. The zero-order valence-electron chi connectivity index (χ0n) is 22.1. The quantitative estimate of drug-likeness (QED) is 0.544. The van der Waals surface area contributed by atoms with Crippen molar-refractivity contribution in [2.45, 2.75) is 76.4 Å². The van der Waals surface area contributed by atoms with E-state index in [9.17, 15) is 14.4 Å². The lowest BCUT2D eigenvalue weighted by atomic mass is 9.82. The number of nitrogens with one attached hydrogen (secondary N) is 1. The highest BCUT2D eigenvalue weighted by Crippen LogP contribution is 2.35. The molecule has 2 atom stereocenters. The van der Waals surface area contributed by atoms with E-state index in [0.29, 0.717) is 49.1 Å². The highest BCUT2D eigenvalue weighted by molar-refractivity contribution is 5.98. The molecule has 1 aliphatic heterocycles. The van der Waals surface area contributed by atoms with Gasteiger partial charge in [-0.15, -0.1) is 0 Å². The van der Waals surface area contributed by atoms with Gasteiger partial charge in [0.1, 0.15) is 11.8 Å². The van der Waals surface area contributed by atoms with Crippen LogP contribution in [0.3, 0.4) is 0 Å². The number of hydrogen-bond donors (Lipinski definition) is 2. The number of carbonyl (C=O) groups excluding carboxylic acids is 3. The molecule has 1 saturated heterocycles. The third-order valence-corrected chi connectivity index (χ3v) is 8.33. The molecule has 3 amide bonds. The van der Waals surface area contributed by atoms with Crippen molar-refractivity contribution < 1.29 is 18.9 Å². The lowest BCUT2D eigenvalue weighted by Crippen LogP contribution is -2.58. The SMILES string of the molecule is Cc1cc(C(=O)N(C2CC2)C2CCN(C(=O)c3cccnc3)[C@@H](C(=O)NCC3CCC(CN)CC3)C2)no1. The minimum absolute atomic E-state index is 0.131. The molecule has 10 heteroatoms. The zero-order valence-corrected chi connectivity index (χ0v) is 22.1. The molecule has 0 spiro atoms. The summed E-state index contributed by atoms with van der Waals surface area (Å²) in [6.45, 7) is 3.46. The van der Waals surface area contributed by atoms with Gasteiger partial charge in [0.25, 0.3) is 11.8 Å². The summed E-state index contributed by atoms with van der Waals surface area (Å²) >= 11 is 0. The molecule has 204 valence electrons. The predicted molar refractivity (Wildman–Crippen MR) is 140 cm³/mol. The maximum Gasteiger partial charge on any atom is 0.276 e. The lowest BCUT2D eigenvalue weighted by Gasteiger charge is -2.43. The summed E-state index contributed by atoms with van der Waals surface area (Å²) < 4.78 is 5.16. The number of hydrogen-bond acceptors (Lipinski definition) is 7. The second-order valence-electron chi connectivity index (χ2n) is 11.1. The number of aromatic nitrogens is 2. The van der Waals surface area contributed by atoms with E-state index >= 15 is 0 Å². The average molecular weight is 523 g/mol. The summed E-state index contributed by atoms with van der Waals surface area (Å²) in [5, 5.41) is 7.10. The topological polar surface area (TPSA) is 135 Å². The van der Waals surface area contributed by atoms with Crippen molar-refractivity contribution in [1.82, 2.24) is 25.3 Å². The zero-order chi connectivity index (χ0) is 26.6. The van der Waals surface area contributed by atoms with Crippen molar-refractivity contribution in [3.63, 3.8) is 0 Å². The number of nitrogens with two attached hydrogens (primary N) is 1. The Morgan fingerprint density at radius 3 is 2.50 bits per heavy atom. The van der Waals surface area contributed by atoms with Crippen LogP contribution in [0.25, 0.3) is 0 Å². The molecule has 2 aliphatic carbocycles. The fraction of sp³-hybridized carbons (Fsp3) is 0.607. The van der Waals surface area contributed by atoms with E-state index in [1.807, 2.05) is 4.90 Å². The van der Waals surface area contributed by atoms with Gasteiger partial charge in [0.15, 0.2) is 5.69 Å². The Labute approximate surface area is 223 Å². The maximum absolute atomic E-state index is 13.6. The van der Waals surface area contributed by atoms with E-state index in [0.717, 1.165) is 45.1 Å². The number of carbonyl (C=O) groups is 3. The smallest absolute Gasteiger partial charge is 0.276 e. The van der Waals surface area contributed by atoms with Crippen LogP contribution in [0.2, 0.25) is 0 Å². The summed E-state index contributed by atoms with van der Waals surface area (Å²) in [7, 11) is 0. The third kappa shape index (κ3) is 5.90. The van der Waals surface area contributed by atoms with Gasteiger partial charge in [-0.3, -0.25) is 19.4 Å². The largest absolute Gasteiger partial charge is 0.361 e. The second-order valence-corrected chi connectivity index (χ2v) is 11.1. The van der Waals surface area contributed by atoms with Crippen molar-refractivity contribution >= 4 is 17.7 Å². The van der Waals surface area contributed by atoms with Crippen LogP contribution in [-0.2, 0) is 4.79 Å². The van der Waals surface area contributed by atoms with Gasteiger partial charge in [0.2, 0.25) is 5.91 Å². The molecule has 3 N–H and O–H groups in total. The molecule has 0 bridgehead atoms. The van der Waals surface area contributed by atoms with E-state index in [1.165, 1.54) is 6.20 Å². The first kappa shape index (κ1) is 26.3. The van der Waals surface area contributed by atoms with Crippen molar-refractivity contribution in [2.75, 3.05) is 19.6 Å². The summed E-state index contributed by atoms with van der Waals surface area (Å²) in [5.41, 5.74) is 6.58. The summed E-state index contributed by atoms with van der Waals surface area (Å²) in [6.07, 6.45) is 10.3. The Morgan fingerprint density at radius 2 is 1.87 bits per heavy atom. The molecular formula is C28H38N6O4. The first-order valence-corrected chi connectivity index (χ1v) is 13.9. The van der Waals surface area contributed by atoms with Crippen LogP contribution < -0.4 is 11.1 Å². The number of amides is 3. The van der Waals surface area contributed by atoms with E-state index in [1.54, 1.807) is 36.2 Å². The number of piperidine rings is 1. The maximum atomic E-state index is 13.6. The summed E-state index contributed by atoms with van der Waals surface area (Å²) in [4.78, 5) is 48.2. The molecule has 2 aromatic heterocycles. The molecular weight excluding hydrogens is 484 g/mol. The van der Waals surface area contributed by atoms with Crippen molar-refractivity contribution in [2.24, 2.45) is 17.6 Å². The van der Waals surface area contributed by atoms with Gasteiger partial charge in [-0.05, 0) is 88.8 Å². The first-order valence-electron chi connectivity index (χ1n) is 13.9.